The van der Waals surface area contributed by atoms with Crippen molar-refractivity contribution in [3.05, 3.63) is 52.7 Å². The molecule has 11 nitrogen and oxygen atoms in total. The highest BCUT2D eigenvalue weighted by Crippen LogP contribution is 2.46. The summed E-state index contributed by atoms with van der Waals surface area (Å²) in [5.41, 5.74) is 5.06. The number of amides is 2. The highest BCUT2D eigenvalue weighted by molar-refractivity contribution is 7.88. The van der Waals surface area contributed by atoms with E-state index in [4.69, 9.17) is 14.5 Å². The van der Waals surface area contributed by atoms with Crippen molar-refractivity contribution in [2.75, 3.05) is 27.2 Å². The molecule has 3 aromatic rings. The second-order valence-corrected chi connectivity index (χ2v) is 13.6. The van der Waals surface area contributed by atoms with Crippen LogP contribution in [0.3, 0.4) is 0 Å². The van der Waals surface area contributed by atoms with Gasteiger partial charge in [0.15, 0.2) is 0 Å². The summed E-state index contributed by atoms with van der Waals surface area (Å²) >= 11 is 0. The summed E-state index contributed by atoms with van der Waals surface area (Å²) in [6.07, 6.45) is 7.28. The fourth-order valence-corrected chi connectivity index (χ4v) is 7.38. The molecule has 0 spiro atoms. The molecule has 2 aromatic heterocycles. The van der Waals surface area contributed by atoms with E-state index in [0.29, 0.717) is 30.1 Å². The van der Waals surface area contributed by atoms with Crippen LogP contribution in [0.25, 0.3) is 28.4 Å². The lowest BCUT2D eigenvalue weighted by Gasteiger charge is -2.35. The molecule has 234 valence electrons. The molecule has 1 aromatic carbocycles. The number of pyridine rings is 1. The minimum absolute atomic E-state index is 0.0290. The normalized spacial score (nSPS) is 20.8. The van der Waals surface area contributed by atoms with Crippen molar-refractivity contribution in [1.82, 2.24) is 23.9 Å². The standard InChI is InChI=1S/C32H39N5O6S/c1-19-16-36(17-20(2)43-19)32(39)23-14-22-15-24(42-4)10-11-25(22)29-28(21-8-6-5-7-9-21)26-12-13-27(34-30(26)37(29)18-23)31(38)35-44(40,41)33-3/h10-15,19-21,33H,5-9,16-18H2,1-4H3,(H,35,38). The molecule has 2 N–H and O–H groups in total. The van der Waals surface area contributed by atoms with Gasteiger partial charge in [-0.2, -0.15) is 8.42 Å². The number of aromatic nitrogens is 2. The molecular formula is C32H39N5O6S. The molecule has 2 unspecified atom stereocenters. The van der Waals surface area contributed by atoms with E-state index in [1.807, 2.05) is 58.4 Å². The number of carbonyl (C=O) groups is 2. The minimum atomic E-state index is -4.02. The first-order valence-corrected chi connectivity index (χ1v) is 16.7. The fraction of sp³-hybridized carbons (Fsp3) is 0.469. The summed E-state index contributed by atoms with van der Waals surface area (Å²) in [5, 5.41) is 0.906. The van der Waals surface area contributed by atoms with Gasteiger partial charge in [-0.3, -0.25) is 9.59 Å². The predicted molar refractivity (Wildman–Crippen MR) is 168 cm³/mol. The van der Waals surface area contributed by atoms with E-state index in [-0.39, 0.29) is 36.3 Å². The number of hydrogen-bond acceptors (Lipinski definition) is 7. The van der Waals surface area contributed by atoms with Gasteiger partial charge in [0.2, 0.25) is 0 Å². The van der Waals surface area contributed by atoms with E-state index < -0.39 is 16.1 Å². The van der Waals surface area contributed by atoms with Crippen LogP contribution in [-0.4, -0.2) is 74.1 Å². The van der Waals surface area contributed by atoms with Gasteiger partial charge in [-0.1, -0.05) is 19.3 Å². The molecule has 2 fully saturated rings. The number of nitrogens with one attached hydrogen (secondary N) is 2. The first-order chi connectivity index (χ1) is 21.1. The Morgan fingerprint density at radius 1 is 1.05 bits per heavy atom. The molecule has 0 bridgehead atoms. The molecule has 3 aliphatic rings. The maximum atomic E-state index is 14.2. The number of fused-ring (bicyclic) bond motifs is 5. The van der Waals surface area contributed by atoms with Crippen molar-refractivity contribution in [3.8, 4) is 17.0 Å². The zero-order valence-electron chi connectivity index (χ0n) is 25.6. The highest BCUT2D eigenvalue weighted by Gasteiger charge is 2.34. The summed E-state index contributed by atoms with van der Waals surface area (Å²) in [6, 6.07) is 9.35. The molecule has 1 saturated carbocycles. The Kier molecular flexibility index (Phi) is 8.25. The summed E-state index contributed by atoms with van der Waals surface area (Å²) in [5.74, 6) is 0.0513. The lowest BCUT2D eigenvalue weighted by Crippen LogP contribution is -2.48. The van der Waals surface area contributed by atoms with Crippen molar-refractivity contribution < 1.29 is 27.5 Å². The number of morpholine rings is 1. The van der Waals surface area contributed by atoms with Crippen LogP contribution in [0.15, 0.2) is 35.9 Å². The Hall–Kier alpha value is -3.74. The van der Waals surface area contributed by atoms with E-state index >= 15 is 0 Å². The zero-order valence-corrected chi connectivity index (χ0v) is 26.4. The van der Waals surface area contributed by atoms with Gasteiger partial charge in [-0.15, -0.1) is 0 Å². The SMILES string of the molecule is CNS(=O)(=O)NC(=O)c1ccc2c(C3CCCCC3)c3n(c2n1)CC(C(=O)N1CC(C)OC(C)C1)=Cc1cc(OC)ccc1-3. The molecule has 2 atom stereocenters. The zero-order chi connectivity index (χ0) is 31.2. The summed E-state index contributed by atoms with van der Waals surface area (Å²) in [6.45, 7) is 5.15. The first kappa shape index (κ1) is 30.3. The second kappa shape index (κ2) is 12.0. The predicted octanol–water partition coefficient (Wildman–Crippen LogP) is 3.99. The first-order valence-electron chi connectivity index (χ1n) is 15.2. The highest BCUT2D eigenvalue weighted by atomic mass is 32.2. The largest absolute Gasteiger partial charge is 0.497 e. The van der Waals surface area contributed by atoms with Gasteiger partial charge in [-0.05, 0) is 80.1 Å². The second-order valence-electron chi connectivity index (χ2n) is 12.0. The maximum Gasteiger partial charge on any atom is 0.301 e. The Labute approximate surface area is 257 Å². The molecular weight excluding hydrogens is 582 g/mol. The number of hydrogen-bond donors (Lipinski definition) is 2. The quantitative estimate of drug-likeness (QED) is 0.426. The fourth-order valence-electron chi connectivity index (χ4n) is 6.93. The monoisotopic (exact) mass is 621 g/mol. The molecule has 1 aliphatic carbocycles. The molecule has 0 radical (unpaired) electrons. The van der Waals surface area contributed by atoms with Crippen molar-refractivity contribution in [2.24, 2.45) is 0 Å². The minimum Gasteiger partial charge on any atom is -0.497 e. The van der Waals surface area contributed by atoms with Crippen molar-refractivity contribution in [1.29, 1.82) is 0 Å². The Bertz CT molecular complexity index is 1750. The van der Waals surface area contributed by atoms with Crippen LogP contribution in [-0.2, 0) is 26.3 Å². The van der Waals surface area contributed by atoms with Gasteiger partial charge in [-0.25, -0.2) is 14.4 Å². The maximum absolute atomic E-state index is 14.2. The molecule has 2 amide bonds. The number of benzene rings is 1. The van der Waals surface area contributed by atoms with Crippen LogP contribution < -0.4 is 14.2 Å². The molecule has 6 rings (SSSR count). The lowest BCUT2D eigenvalue weighted by atomic mass is 9.81. The molecule has 12 heteroatoms. The van der Waals surface area contributed by atoms with E-state index in [1.54, 1.807) is 13.2 Å². The van der Waals surface area contributed by atoms with Gasteiger partial charge < -0.3 is 18.9 Å². The number of carbonyl (C=O) groups excluding carboxylic acids is 2. The van der Waals surface area contributed by atoms with Crippen LogP contribution in [0.5, 0.6) is 5.75 Å². The van der Waals surface area contributed by atoms with E-state index in [2.05, 4.69) is 4.72 Å². The van der Waals surface area contributed by atoms with Crippen molar-refractivity contribution in [2.45, 2.75) is 70.6 Å². The van der Waals surface area contributed by atoms with E-state index in [0.717, 1.165) is 53.5 Å². The third kappa shape index (κ3) is 5.73. The molecule has 44 heavy (non-hydrogen) atoms. The summed E-state index contributed by atoms with van der Waals surface area (Å²) < 4.78 is 41.8. The topological polar surface area (TPSA) is 132 Å². The average molecular weight is 622 g/mol. The molecule has 4 heterocycles. The van der Waals surface area contributed by atoms with Crippen LogP contribution in [0.4, 0.5) is 0 Å². The van der Waals surface area contributed by atoms with E-state index in [9.17, 15) is 18.0 Å². The van der Waals surface area contributed by atoms with E-state index in [1.165, 1.54) is 13.5 Å². The third-order valence-electron chi connectivity index (χ3n) is 8.84. The van der Waals surface area contributed by atoms with Gasteiger partial charge >= 0.3 is 10.2 Å². The number of rotatable bonds is 6. The Morgan fingerprint density at radius 2 is 1.77 bits per heavy atom. The van der Waals surface area contributed by atoms with Gasteiger partial charge in [0, 0.05) is 36.7 Å². The van der Waals surface area contributed by atoms with Crippen molar-refractivity contribution >= 4 is 39.1 Å². The average Bonchev–Trinajstić information content (AvgIpc) is 3.22. The third-order valence-corrected chi connectivity index (χ3v) is 9.83. The van der Waals surface area contributed by atoms with Gasteiger partial charge in [0.1, 0.15) is 17.1 Å². The van der Waals surface area contributed by atoms with Crippen LogP contribution in [0, 0.1) is 0 Å². The number of nitrogens with zero attached hydrogens (tertiary/aromatic N) is 3. The Balaban J connectivity index is 1.56. The smallest absolute Gasteiger partial charge is 0.301 e. The van der Waals surface area contributed by atoms with Gasteiger partial charge in [0.05, 0.1) is 31.6 Å². The van der Waals surface area contributed by atoms with Crippen molar-refractivity contribution in [3.63, 3.8) is 0 Å². The summed E-state index contributed by atoms with van der Waals surface area (Å²) in [4.78, 5) is 33.8. The number of ether oxygens (including phenoxy) is 2. The summed E-state index contributed by atoms with van der Waals surface area (Å²) in [7, 11) is -1.17. The van der Waals surface area contributed by atoms with Gasteiger partial charge in [0.25, 0.3) is 11.8 Å². The lowest BCUT2D eigenvalue weighted by molar-refractivity contribution is -0.139. The van der Waals surface area contributed by atoms with Crippen LogP contribution in [0.1, 0.15) is 73.5 Å². The molecule has 1 saturated heterocycles. The van der Waals surface area contributed by atoms with Crippen LogP contribution >= 0.6 is 0 Å². The van der Waals surface area contributed by atoms with Crippen LogP contribution in [0.2, 0.25) is 0 Å². The molecule has 2 aliphatic heterocycles. The Morgan fingerprint density at radius 3 is 2.45 bits per heavy atom. The number of methoxy groups -OCH3 is 1.